The number of aryl methyl sites for hydroxylation is 2. The third-order valence-electron chi connectivity index (χ3n) is 5.32. The molecule has 8 heteroatoms. The first-order chi connectivity index (χ1) is 14.4. The molecule has 3 heterocycles. The van der Waals surface area contributed by atoms with Crippen LogP contribution in [0.1, 0.15) is 30.3 Å². The van der Waals surface area contributed by atoms with Gasteiger partial charge in [0.2, 0.25) is 5.82 Å². The summed E-state index contributed by atoms with van der Waals surface area (Å²) in [5.41, 5.74) is 3.56. The Bertz CT molecular complexity index is 1080. The Morgan fingerprint density at radius 1 is 1.27 bits per heavy atom. The molecule has 4 rings (SSSR count). The molecule has 0 aliphatic carbocycles. The second-order valence-electron chi connectivity index (χ2n) is 7.64. The van der Waals surface area contributed by atoms with Gasteiger partial charge in [-0.3, -0.25) is 14.7 Å². The lowest BCUT2D eigenvalue weighted by Gasteiger charge is -2.36. The number of carboxylic acids is 1. The smallest absolute Gasteiger partial charge is 0.309 e. The number of carboxylic acid groups (broad SMARTS) is 1. The van der Waals surface area contributed by atoms with E-state index >= 15 is 0 Å². The SMILES string of the molecule is CCCc1ccc(-c2nc(-c3ccc(CN4CC(C(=O)O)C4)nc3C)no2)cc1F. The highest BCUT2D eigenvalue weighted by Crippen LogP contribution is 2.26. The van der Waals surface area contributed by atoms with Crippen LogP contribution in [0.3, 0.4) is 0 Å². The second kappa shape index (κ2) is 8.31. The number of likely N-dealkylation sites (tertiary alicyclic amines) is 1. The molecule has 156 valence electrons. The summed E-state index contributed by atoms with van der Waals surface area (Å²) in [5, 5.41) is 13.0. The molecule has 1 saturated heterocycles. The van der Waals surface area contributed by atoms with Gasteiger partial charge < -0.3 is 9.63 Å². The van der Waals surface area contributed by atoms with Crippen molar-refractivity contribution in [3.05, 3.63) is 53.1 Å². The van der Waals surface area contributed by atoms with Crippen LogP contribution in [0.2, 0.25) is 0 Å². The van der Waals surface area contributed by atoms with E-state index < -0.39 is 5.97 Å². The molecule has 1 aromatic carbocycles. The maximum Gasteiger partial charge on any atom is 0.309 e. The summed E-state index contributed by atoms with van der Waals surface area (Å²) < 4.78 is 19.6. The number of halogens is 1. The number of aliphatic carboxylic acids is 1. The van der Waals surface area contributed by atoms with Gasteiger partial charge in [-0.05, 0) is 43.2 Å². The highest BCUT2D eigenvalue weighted by Gasteiger charge is 2.32. The molecule has 0 unspecified atom stereocenters. The summed E-state index contributed by atoms with van der Waals surface area (Å²) in [7, 11) is 0. The van der Waals surface area contributed by atoms with Crippen molar-refractivity contribution in [2.75, 3.05) is 13.1 Å². The largest absolute Gasteiger partial charge is 0.481 e. The van der Waals surface area contributed by atoms with Crippen molar-refractivity contribution in [2.45, 2.75) is 33.2 Å². The minimum Gasteiger partial charge on any atom is -0.481 e. The second-order valence-corrected chi connectivity index (χ2v) is 7.64. The lowest BCUT2D eigenvalue weighted by atomic mass is 10.0. The molecule has 30 heavy (non-hydrogen) atoms. The first-order valence-electron chi connectivity index (χ1n) is 9.99. The van der Waals surface area contributed by atoms with Crippen molar-refractivity contribution in [3.8, 4) is 22.8 Å². The van der Waals surface area contributed by atoms with E-state index in [0.717, 1.165) is 23.4 Å². The molecule has 0 spiro atoms. The average molecular weight is 410 g/mol. The van der Waals surface area contributed by atoms with Crippen molar-refractivity contribution in [1.82, 2.24) is 20.0 Å². The predicted octanol–water partition coefficient (Wildman–Crippen LogP) is 3.72. The summed E-state index contributed by atoms with van der Waals surface area (Å²) >= 11 is 0. The lowest BCUT2D eigenvalue weighted by Crippen LogP contribution is -2.49. The zero-order chi connectivity index (χ0) is 21.3. The van der Waals surface area contributed by atoms with Crippen LogP contribution in [-0.2, 0) is 17.8 Å². The van der Waals surface area contributed by atoms with Gasteiger partial charge in [-0.25, -0.2) is 4.39 Å². The Morgan fingerprint density at radius 2 is 2.07 bits per heavy atom. The Hall–Kier alpha value is -3.13. The third kappa shape index (κ3) is 4.09. The molecule has 7 nitrogen and oxygen atoms in total. The van der Waals surface area contributed by atoms with E-state index in [2.05, 4.69) is 15.1 Å². The van der Waals surface area contributed by atoms with Crippen LogP contribution in [0.5, 0.6) is 0 Å². The van der Waals surface area contributed by atoms with Crippen molar-refractivity contribution < 1.29 is 18.8 Å². The summed E-state index contributed by atoms with van der Waals surface area (Å²) in [6.45, 7) is 5.56. The Morgan fingerprint density at radius 3 is 2.73 bits per heavy atom. The number of nitrogens with zero attached hydrogens (tertiary/aromatic N) is 4. The molecular formula is C22H23FN4O3. The summed E-state index contributed by atoms with van der Waals surface area (Å²) in [5.74, 6) is -0.653. The lowest BCUT2D eigenvalue weighted by molar-refractivity contribution is -0.147. The maximum atomic E-state index is 14.2. The van der Waals surface area contributed by atoms with Gasteiger partial charge in [0, 0.05) is 36.5 Å². The fourth-order valence-electron chi connectivity index (χ4n) is 3.62. The van der Waals surface area contributed by atoms with Gasteiger partial charge in [-0.2, -0.15) is 4.98 Å². The fraction of sp³-hybridized carbons (Fsp3) is 0.364. The van der Waals surface area contributed by atoms with Crippen molar-refractivity contribution in [2.24, 2.45) is 5.92 Å². The fourth-order valence-corrected chi connectivity index (χ4v) is 3.62. The normalized spacial score (nSPS) is 14.6. The third-order valence-corrected chi connectivity index (χ3v) is 5.32. The highest BCUT2D eigenvalue weighted by atomic mass is 19.1. The highest BCUT2D eigenvalue weighted by molar-refractivity contribution is 5.71. The van der Waals surface area contributed by atoms with Crippen LogP contribution in [0, 0.1) is 18.7 Å². The van der Waals surface area contributed by atoms with Gasteiger partial charge in [0.1, 0.15) is 5.82 Å². The van der Waals surface area contributed by atoms with Crippen LogP contribution in [-0.4, -0.2) is 44.2 Å². The first kappa shape index (κ1) is 20.2. The average Bonchev–Trinajstić information content (AvgIpc) is 3.15. The van der Waals surface area contributed by atoms with E-state index in [1.807, 2.05) is 30.9 Å². The molecule has 0 radical (unpaired) electrons. The van der Waals surface area contributed by atoms with Gasteiger partial charge in [-0.1, -0.05) is 24.6 Å². The molecule has 1 aliphatic heterocycles. The first-order valence-corrected chi connectivity index (χ1v) is 9.99. The van der Waals surface area contributed by atoms with Crippen LogP contribution >= 0.6 is 0 Å². The van der Waals surface area contributed by atoms with Crippen LogP contribution < -0.4 is 0 Å². The van der Waals surface area contributed by atoms with E-state index in [-0.39, 0.29) is 17.6 Å². The molecule has 1 fully saturated rings. The summed E-state index contributed by atoms with van der Waals surface area (Å²) in [6.07, 6.45) is 1.56. The van der Waals surface area contributed by atoms with Crippen LogP contribution in [0.25, 0.3) is 22.8 Å². The van der Waals surface area contributed by atoms with E-state index in [4.69, 9.17) is 9.63 Å². The molecule has 0 bridgehead atoms. The van der Waals surface area contributed by atoms with E-state index in [0.29, 0.717) is 43.0 Å². The number of pyridine rings is 1. The number of carbonyl (C=O) groups is 1. The molecule has 0 amide bonds. The molecular weight excluding hydrogens is 387 g/mol. The van der Waals surface area contributed by atoms with Crippen molar-refractivity contribution in [1.29, 1.82) is 0 Å². The van der Waals surface area contributed by atoms with Gasteiger partial charge in [0.25, 0.3) is 5.89 Å². The molecule has 2 aromatic heterocycles. The number of hydrogen-bond acceptors (Lipinski definition) is 6. The minimum absolute atomic E-state index is 0.260. The number of benzene rings is 1. The Kier molecular flexibility index (Phi) is 5.59. The zero-order valence-corrected chi connectivity index (χ0v) is 16.9. The van der Waals surface area contributed by atoms with Crippen LogP contribution in [0.4, 0.5) is 4.39 Å². The minimum atomic E-state index is -0.751. The Labute approximate surface area is 173 Å². The number of rotatable bonds is 7. The predicted molar refractivity (Wildman–Crippen MR) is 108 cm³/mol. The van der Waals surface area contributed by atoms with E-state index in [1.54, 1.807) is 12.1 Å². The van der Waals surface area contributed by atoms with Crippen LogP contribution in [0.15, 0.2) is 34.9 Å². The summed E-state index contributed by atoms with van der Waals surface area (Å²) in [4.78, 5) is 22.0. The summed E-state index contributed by atoms with van der Waals surface area (Å²) in [6, 6.07) is 8.73. The van der Waals surface area contributed by atoms with Crippen molar-refractivity contribution >= 4 is 5.97 Å². The monoisotopic (exact) mass is 410 g/mol. The van der Waals surface area contributed by atoms with E-state index in [1.165, 1.54) is 6.07 Å². The molecule has 0 saturated carbocycles. The molecule has 1 aliphatic rings. The topological polar surface area (TPSA) is 92.4 Å². The molecule has 3 aromatic rings. The van der Waals surface area contributed by atoms with Gasteiger partial charge >= 0.3 is 5.97 Å². The zero-order valence-electron chi connectivity index (χ0n) is 16.9. The molecule has 0 atom stereocenters. The van der Waals surface area contributed by atoms with Gasteiger partial charge in [0.05, 0.1) is 11.6 Å². The van der Waals surface area contributed by atoms with Crippen molar-refractivity contribution in [3.63, 3.8) is 0 Å². The number of aromatic nitrogens is 3. The number of hydrogen-bond donors (Lipinski definition) is 1. The maximum absolute atomic E-state index is 14.2. The van der Waals surface area contributed by atoms with Gasteiger partial charge in [-0.15, -0.1) is 0 Å². The standard InChI is InChI=1S/C22H23FN4O3/c1-3-4-14-5-6-15(9-19(14)23)21-25-20(26-30-21)18-8-7-17(24-13(18)2)12-27-10-16(11-27)22(28)29/h5-9,16H,3-4,10-12H2,1-2H3,(H,28,29). The van der Waals surface area contributed by atoms with E-state index in [9.17, 15) is 9.18 Å². The molecule has 1 N–H and O–H groups in total. The quantitative estimate of drug-likeness (QED) is 0.635. The Balaban J connectivity index is 1.48. The van der Waals surface area contributed by atoms with Gasteiger partial charge in [0.15, 0.2) is 0 Å².